The van der Waals surface area contributed by atoms with E-state index in [0.717, 1.165) is 35.2 Å². The first kappa shape index (κ1) is 16.0. The molecular weight excluding hydrogens is 314 g/mol. The van der Waals surface area contributed by atoms with Crippen LogP contribution in [0.2, 0.25) is 0 Å². The monoisotopic (exact) mass is 339 g/mol. The fraction of sp³-hybridized carbons (Fsp3) is 0.600. The Morgan fingerprint density at radius 1 is 1.17 bits per heavy atom. The van der Waals surface area contributed by atoms with Crippen molar-refractivity contribution in [2.45, 2.75) is 38.5 Å². The van der Waals surface area contributed by atoms with E-state index in [2.05, 4.69) is 17.6 Å². The van der Waals surface area contributed by atoms with Crippen molar-refractivity contribution in [3.8, 4) is 6.07 Å². The van der Waals surface area contributed by atoms with Crippen LogP contribution in [0.4, 0.5) is 5.69 Å². The Labute approximate surface area is 148 Å². The lowest BCUT2D eigenvalue weighted by molar-refractivity contribution is -0.0464. The molecule has 0 amide bonds. The van der Waals surface area contributed by atoms with Gasteiger partial charge in [0, 0.05) is 12.2 Å². The van der Waals surface area contributed by atoms with E-state index in [-0.39, 0.29) is 0 Å². The highest BCUT2D eigenvalue weighted by molar-refractivity contribution is 8.13. The van der Waals surface area contributed by atoms with Crippen molar-refractivity contribution in [2.75, 3.05) is 18.1 Å². The molecule has 0 unspecified atom stereocenters. The van der Waals surface area contributed by atoms with Crippen LogP contribution in [0, 0.1) is 34.5 Å². The van der Waals surface area contributed by atoms with Gasteiger partial charge in [0.05, 0.1) is 11.6 Å². The molecule has 0 saturated heterocycles. The smallest absolute Gasteiger partial charge is 0.160 e. The molecule has 5 rings (SSSR count). The molecule has 24 heavy (non-hydrogen) atoms. The number of benzene rings is 1. The molecule has 4 aliphatic carbocycles. The van der Waals surface area contributed by atoms with Crippen LogP contribution in [-0.2, 0) is 0 Å². The first-order chi connectivity index (χ1) is 11.7. The van der Waals surface area contributed by atoms with E-state index in [1.54, 1.807) is 11.8 Å². The second kappa shape index (κ2) is 6.44. The van der Waals surface area contributed by atoms with E-state index >= 15 is 0 Å². The van der Waals surface area contributed by atoms with Gasteiger partial charge in [0.2, 0.25) is 0 Å². The first-order valence-electron chi connectivity index (χ1n) is 9.04. The number of aliphatic imine (C=N–C) groups is 1. The molecule has 1 N–H and O–H groups in total. The van der Waals surface area contributed by atoms with Crippen molar-refractivity contribution < 1.29 is 0 Å². The number of amidine groups is 1. The highest BCUT2D eigenvalue weighted by Crippen LogP contribution is 2.60. The Morgan fingerprint density at radius 3 is 2.25 bits per heavy atom. The van der Waals surface area contributed by atoms with Crippen LogP contribution in [0.5, 0.6) is 0 Å². The summed E-state index contributed by atoms with van der Waals surface area (Å²) >= 11 is 1.68. The maximum Gasteiger partial charge on any atom is 0.160 e. The number of anilines is 1. The molecule has 0 aliphatic heterocycles. The third kappa shape index (κ3) is 3.19. The number of nitrogens with zero attached hydrogens (tertiary/aromatic N) is 2. The average molecular weight is 340 g/mol. The van der Waals surface area contributed by atoms with Gasteiger partial charge >= 0.3 is 0 Å². The number of rotatable bonds is 3. The molecule has 0 radical (unpaired) electrons. The summed E-state index contributed by atoms with van der Waals surface area (Å²) in [6.07, 6.45) is 10.8. The van der Waals surface area contributed by atoms with Crippen molar-refractivity contribution in [1.82, 2.24) is 0 Å². The van der Waals surface area contributed by atoms with E-state index in [9.17, 15) is 0 Å². The van der Waals surface area contributed by atoms with Crippen molar-refractivity contribution in [2.24, 2.45) is 28.2 Å². The molecule has 4 aliphatic rings. The largest absolute Gasteiger partial charge is 0.335 e. The zero-order valence-electron chi connectivity index (χ0n) is 14.3. The fourth-order valence-electron chi connectivity index (χ4n) is 5.63. The quantitative estimate of drug-likeness (QED) is 0.629. The summed E-state index contributed by atoms with van der Waals surface area (Å²) in [6, 6.07) is 9.76. The van der Waals surface area contributed by atoms with Crippen LogP contribution >= 0.6 is 11.8 Å². The molecule has 3 nitrogen and oxygen atoms in total. The van der Waals surface area contributed by atoms with Crippen LogP contribution in [0.15, 0.2) is 29.3 Å². The van der Waals surface area contributed by atoms with Crippen molar-refractivity contribution in [1.29, 1.82) is 5.26 Å². The minimum Gasteiger partial charge on any atom is -0.335 e. The zero-order valence-corrected chi connectivity index (χ0v) is 15.1. The second-order valence-corrected chi connectivity index (χ2v) is 8.85. The van der Waals surface area contributed by atoms with Gasteiger partial charge in [-0.1, -0.05) is 11.8 Å². The molecule has 126 valence electrons. The Morgan fingerprint density at radius 2 is 1.75 bits per heavy atom. The number of nitriles is 1. The Bertz CT molecular complexity index is 636. The van der Waals surface area contributed by atoms with Crippen molar-refractivity contribution in [3.05, 3.63) is 29.8 Å². The van der Waals surface area contributed by atoms with Gasteiger partial charge in [0.25, 0.3) is 0 Å². The molecule has 0 atom stereocenters. The Hall–Kier alpha value is -1.47. The SMILES string of the molecule is CSC(=NCC12CC3CC(CC(C3)C1)C2)Nc1ccc(C#N)cc1. The van der Waals surface area contributed by atoms with Crippen LogP contribution < -0.4 is 5.32 Å². The molecule has 0 aromatic heterocycles. The van der Waals surface area contributed by atoms with Gasteiger partial charge in [0.1, 0.15) is 0 Å². The van der Waals surface area contributed by atoms with Gasteiger partial charge in [-0.25, -0.2) is 0 Å². The van der Waals surface area contributed by atoms with E-state index in [4.69, 9.17) is 10.3 Å². The standard InChI is InChI=1S/C20H25N3S/c1-24-19(23-18-4-2-14(12-21)3-5-18)22-13-20-9-15-6-16(10-20)8-17(7-15)11-20/h2-5,15-17H,6-11,13H2,1H3,(H,22,23). The number of thioether (sulfide) groups is 1. The molecule has 0 heterocycles. The van der Waals surface area contributed by atoms with E-state index in [1.807, 2.05) is 24.3 Å². The normalized spacial score (nSPS) is 34.2. The minimum absolute atomic E-state index is 0.488. The average Bonchev–Trinajstić information content (AvgIpc) is 2.58. The molecule has 4 saturated carbocycles. The number of nitrogens with one attached hydrogen (secondary N) is 1. The predicted octanol–water partition coefficient (Wildman–Crippen LogP) is 4.91. The zero-order chi connectivity index (χ0) is 16.6. The second-order valence-electron chi connectivity index (χ2n) is 8.06. The summed E-state index contributed by atoms with van der Waals surface area (Å²) in [5.74, 6) is 2.95. The van der Waals surface area contributed by atoms with Gasteiger partial charge in [-0.3, -0.25) is 4.99 Å². The molecule has 4 heteroatoms. The van der Waals surface area contributed by atoms with Crippen LogP contribution in [0.25, 0.3) is 0 Å². The van der Waals surface area contributed by atoms with Gasteiger partial charge in [0.15, 0.2) is 5.17 Å². The fourth-order valence-corrected chi connectivity index (χ4v) is 6.04. The summed E-state index contributed by atoms with van der Waals surface area (Å²) in [4.78, 5) is 4.97. The maximum absolute atomic E-state index is 8.89. The molecular formula is C20H25N3S. The van der Waals surface area contributed by atoms with Crippen LogP contribution in [0.3, 0.4) is 0 Å². The van der Waals surface area contributed by atoms with Crippen LogP contribution in [0.1, 0.15) is 44.1 Å². The van der Waals surface area contributed by atoms with Gasteiger partial charge in [-0.2, -0.15) is 5.26 Å². The summed E-state index contributed by atoms with van der Waals surface area (Å²) in [5, 5.41) is 13.3. The predicted molar refractivity (Wildman–Crippen MR) is 101 cm³/mol. The molecule has 4 fully saturated rings. The van der Waals surface area contributed by atoms with Gasteiger partial charge in [-0.05, 0) is 92.2 Å². The lowest BCUT2D eigenvalue weighted by atomic mass is 9.49. The van der Waals surface area contributed by atoms with E-state index < -0.39 is 0 Å². The van der Waals surface area contributed by atoms with Gasteiger partial charge < -0.3 is 5.32 Å². The summed E-state index contributed by atoms with van der Waals surface area (Å²) in [5.41, 5.74) is 2.19. The molecule has 4 bridgehead atoms. The lowest BCUT2D eigenvalue weighted by Gasteiger charge is -2.56. The highest BCUT2D eigenvalue weighted by Gasteiger charge is 2.50. The maximum atomic E-state index is 8.89. The van der Waals surface area contributed by atoms with Crippen molar-refractivity contribution >= 4 is 22.6 Å². The number of hydrogen-bond donors (Lipinski definition) is 1. The third-order valence-electron chi connectivity index (χ3n) is 6.18. The molecule has 0 spiro atoms. The Balaban J connectivity index is 1.44. The topological polar surface area (TPSA) is 48.2 Å². The van der Waals surface area contributed by atoms with Gasteiger partial charge in [-0.15, -0.1) is 0 Å². The minimum atomic E-state index is 0.488. The van der Waals surface area contributed by atoms with E-state index in [1.165, 1.54) is 38.5 Å². The Kier molecular flexibility index (Phi) is 4.30. The highest BCUT2D eigenvalue weighted by atomic mass is 32.2. The summed E-state index contributed by atoms with van der Waals surface area (Å²) < 4.78 is 0. The lowest BCUT2D eigenvalue weighted by Crippen LogP contribution is -2.47. The molecule has 1 aromatic carbocycles. The van der Waals surface area contributed by atoms with E-state index in [0.29, 0.717) is 11.0 Å². The summed E-state index contributed by atoms with van der Waals surface area (Å²) in [7, 11) is 0. The molecule has 1 aromatic rings. The van der Waals surface area contributed by atoms with Crippen molar-refractivity contribution in [3.63, 3.8) is 0 Å². The van der Waals surface area contributed by atoms with Crippen LogP contribution in [-0.4, -0.2) is 18.0 Å². The third-order valence-corrected chi connectivity index (χ3v) is 6.80. The first-order valence-corrected chi connectivity index (χ1v) is 10.3. The summed E-state index contributed by atoms with van der Waals surface area (Å²) in [6.45, 7) is 0.982. The number of hydrogen-bond acceptors (Lipinski definition) is 3.